The van der Waals surface area contributed by atoms with Gasteiger partial charge in [0.15, 0.2) is 0 Å². The number of rotatable bonds is 3. The molecular weight excluding hydrogens is 302 g/mol. The molecule has 0 spiro atoms. The van der Waals surface area contributed by atoms with E-state index in [-0.39, 0.29) is 5.84 Å². The average molecular weight is 321 g/mol. The Morgan fingerprint density at radius 1 is 1.32 bits per heavy atom. The summed E-state index contributed by atoms with van der Waals surface area (Å²) < 4.78 is 0. The Hall–Kier alpha value is -2.02. The lowest BCUT2D eigenvalue weighted by Crippen LogP contribution is -2.65. The molecule has 0 aliphatic carbocycles. The predicted molar refractivity (Wildman–Crippen MR) is 85.1 cm³/mol. The molecule has 1 aromatic carbocycles. The number of carbonyl (C=O) groups excluding carboxylic acids is 1. The maximum absolute atomic E-state index is 12.3. The molecule has 2 rings (SSSR count). The van der Waals surface area contributed by atoms with Gasteiger partial charge in [-0.25, -0.2) is 4.79 Å². The third-order valence-corrected chi connectivity index (χ3v) is 4.57. The monoisotopic (exact) mass is 321 g/mol. The van der Waals surface area contributed by atoms with Gasteiger partial charge < -0.3 is 10.0 Å². The summed E-state index contributed by atoms with van der Waals surface area (Å²) in [4.78, 5) is 26.3. The van der Waals surface area contributed by atoms with Crippen LogP contribution in [0.5, 0.6) is 0 Å². The van der Waals surface area contributed by atoms with Crippen molar-refractivity contribution >= 4 is 29.6 Å². The van der Waals surface area contributed by atoms with Gasteiger partial charge in [0.1, 0.15) is 17.1 Å². The number of hydrogen-bond acceptors (Lipinski definition) is 4. The molecule has 1 saturated heterocycles. The Morgan fingerprint density at radius 2 is 1.91 bits per heavy atom. The van der Waals surface area contributed by atoms with Crippen LogP contribution in [-0.4, -0.2) is 38.8 Å². The molecule has 1 heterocycles. The minimum atomic E-state index is -1.12. The van der Waals surface area contributed by atoms with Gasteiger partial charge in [-0.3, -0.25) is 15.5 Å². The van der Waals surface area contributed by atoms with Gasteiger partial charge in [-0.2, -0.15) is 0 Å². The van der Waals surface area contributed by atoms with Crippen molar-refractivity contribution < 1.29 is 14.7 Å². The predicted octanol–water partition coefficient (Wildman–Crippen LogP) is 2.61. The summed E-state index contributed by atoms with van der Waals surface area (Å²) in [6.45, 7) is 5.54. The summed E-state index contributed by atoms with van der Waals surface area (Å²) in [7, 11) is 0. The number of aliphatic carboxylic acids is 1. The molecule has 1 fully saturated rings. The molecule has 1 aliphatic heterocycles. The van der Waals surface area contributed by atoms with Crippen LogP contribution in [0.2, 0.25) is 0 Å². The highest BCUT2D eigenvalue weighted by atomic mass is 32.2. The van der Waals surface area contributed by atoms with E-state index in [0.717, 1.165) is 4.90 Å². The van der Waals surface area contributed by atoms with Gasteiger partial charge in [0.05, 0.1) is 0 Å². The number of carboxylic acid groups (broad SMARTS) is 1. The number of thioether (sulfide) groups is 1. The van der Waals surface area contributed by atoms with Crippen LogP contribution < -0.4 is 5.32 Å². The van der Waals surface area contributed by atoms with Crippen LogP contribution in [0.4, 0.5) is 4.79 Å². The molecule has 0 aromatic heterocycles. The number of carbonyl (C=O) groups is 2. The Balaban J connectivity index is 2.44. The highest BCUT2D eigenvalue weighted by molar-refractivity contribution is 8.00. The topological polar surface area (TPSA) is 93.5 Å². The van der Waals surface area contributed by atoms with Crippen molar-refractivity contribution in [2.45, 2.75) is 36.6 Å². The minimum Gasteiger partial charge on any atom is -0.481 e. The van der Waals surface area contributed by atoms with Gasteiger partial charge in [-0.05, 0) is 32.9 Å². The number of hydrogen-bond donors (Lipinski definition) is 3. The Morgan fingerprint density at radius 3 is 2.41 bits per heavy atom. The van der Waals surface area contributed by atoms with E-state index in [1.807, 2.05) is 51.1 Å². The first-order chi connectivity index (χ1) is 10.2. The summed E-state index contributed by atoms with van der Waals surface area (Å²) in [5.41, 5.74) is -0.565. The molecular formula is C15H19N3O3S. The molecule has 118 valence electrons. The van der Waals surface area contributed by atoms with Gasteiger partial charge in [0.25, 0.3) is 0 Å². The van der Waals surface area contributed by atoms with Crippen LogP contribution in [-0.2, 0) is 4.79 Å². The van der Waals surface area contributed by atoms with Gasteiger partial charge in [0, 0.05) is 10.4 Å². The van der Waals surface area contributed by atoms with Crippen LogP contribution in [0.15, 0.2) is 35.2 Å². The van der Waals surface area contributed by atoms with Crippen molar-refractivity contribution in [1.29, 1.82) is 5.41 Å². The Labute approximate surface area is 133 Å². The fourth-order valence-corrected chi connectivity index (χ4v) is 3.85. The zero-order chi connectivity index (χ0) is 16.5. The van der Waals surface area contributed by atoms with Gasteiger partial charge in [0.2, 0.25) is 0 Å². The summed E-state index contributed by atoms with van der Waals surface area (Å²) in [6, 6.07) is 8.86. The van der Waals surface area contributed by atoms with Crippen molar-refractivity contribution in [1.82, 2.24) is 10.2 Å². The standard InChI is InChI=1S/C15H19N3O3S/c1-15(2,3)18-12(22-9-7-5-4-6-8-9)10(13(19)20)11(16)17-14(18)21/h4-8,10,12H,1-3H3,(H,19,20)(H2,16,17,21). The van der Waals surface area contributed by atoms with Crippen molar-refractivity contribution in [3.05, 3.63) is 30.3 Å². The third-order valence-electron chi connectivity index (χ3n) is 3.30. The smallest absolute Gasteiger partial charge is 0.324 e. The molecule has 1 aromatic rings. The number of urea groups is 1. The number of amides is 2. The van der Waals surface area contributed by atoms with E-state index in [9.17, 15) is 14.7 Å². The van der Waals surface area contributed by atoms with E-state index in [0.29, 0.717) is 0 Å². The molecule has 0 saturated carbocycles. The number of benzene rings is 1. The zero-order valence-electron chi connectivity index (χ0n) is 12.7. The lowest BCUT2D eigenvalue weighted by Gasteiger charge is -2.46. The first-order valence-corrected chi connectivity index (χ1v) is 7.73. The van der Waals surface area contributed by atoms with Crippen molar-refractivity contribution in [3.63, 3.8) is 0 Å². The molecule has 0 bridgehead atoms. The number of amidine groups is 1. The fourth-order valence-electron chi connectivity index (χ4n) is 2.35. The van der Waals surface area contributed by atoms with E-state index in [1.165, 1.54) is 16.7 Å². The van der Waals surface area contributed by atoms with Crippen LogP contribution in [0.25, 0.3) is 0 Å². The second-order valence-electron chi connectivity index (χ2n) is 6.02. The normalized spacial score (nSPS) is 22.4. The lowest BCUT2D eigenvalue weighted by molar-refractivity contribution is -0.140. The first kappa shape index (κ1) is 16.4. The second-order valence-corrected chi connectivity index (χ2v) is 7.21. The van der Waals surface area contributed by atoms with Crippen LogP contribution >= 0.6 is 11.8 Å². The molecule has 6 nitrogen and oxygen atoms in total. The number of nitrogens with one attached hydrogen (secondary N) is 2. The molecule has 2 atom stereocenters. The molecule has 2 amide bonds. The van der Waals surface area contributed by atoms with Gasteiger partial charge >= 0.3 is 12.0 Å². The van der Waals surface area contributed by atoms with Gasteiger partial charge in [-0.1, -0.05) is 30.0 Å². The van der Waals surface area contributed by atoms with E-state index < -0.39 is 28.8 Å². The summed E-state index contributed by atoms with van der Waals surface area (Å²) in [5.74, 6) is -2.48. The summed E-state index contributed by atoms with van der Waals surface area (Å²) in [5, 5.41) is 19.0. The highest BCUT2D eigenvalue weighted by Crippen LogP contribution is 2.37. The minimum absolute atomic E-state index is 0.272. The maximum Gasteiger partial charge on any atom is 0.324 e. The number of carboxylic acids is 1. The first-order valence-electron chi connectivity index (χ1n) is 6.85. The van der Waals surface area contributed by atoms with E-state index in [2.05, 4.69) is 5.32 Å². The van der Waals surface area contributed by atoms with Crippen molar-refractivity contribution in [3.8, 4) is 0 Å². The summed E-state index contributed by atoms with van der Waals surface area (Å²) >= 11 is 1.29. The van der Waals surface area contributed by atoms with E-state index in [1.54, 1.807) is 0 Å². The van der Waals surface area contributed by atoms with Crippen molar-refractivity contribution in [2.75, 3.05) is 0 Å². The SMILES string of the molecule is CC(C)(C)N1C(=O)NC(=N)C(C(=O)O)C1Sc1ccccc1. The van der Waals surface area contributed by atoms with Crippen LogP contribution in [0.1, 0.15) is 20.8 Å². The second kappa shape index (κ2) is 6.00. The molecule has 7 heteroatoms. The van der Waals surface area contributed by atoms with Gasteiger partial charge in [-0.15, -0.1) is 0 Å². The van der Waals surface area contributed by atoms with Crippen LogP contribution in [0, 0.1) is 11.3 Å². The largest absolute Gasteiger partial charge is 0.481 e. The maximum atomic E-state index is 12.3. The molecule has 0 radical (unpaired) electrons. The van der Waals surface area contributed by atoms with E-state index >= 15 is 0 Å². The fraction of sp³-hybridized carbons (Fsp3) is 0.400. The molecule has 3 N–H and O–H groups in total. The Kier molecular flexibility index (Phi) is 4.46. The highest BCUT2D eigenvalue weighted by Gasteiger charge is 2.47. The lowest BCUT2D eigenvalue weighted by atomic mass is 9.99. The average Bonchev–Trinajstić information content (AvgIpc) is 2.36. The molecule has 2 unspecified atom stereocenters. The number of nitrogens with zero attached hydrogens (tertiary/aromatic N) is 1. The van der Waals surface area contributed by atoms with E-state index in [4.69, 9.17) is 5.41 Å². The third kappa shape index (κ3) is 3.24. The molecule has 1 aliphatic rings. The summed E-state index contributed by atoms with van der Waals surface area (Å²) in [6.07, 6.45) is 0. The quantitative estimate of drug-likeness (QED) is 0.797. The van der Waals surface area contributed by atoms with Crippen LogP contribution in [0.3, 0.4) is 0 Å². The Bertz CT molecular complexity index is 598. The van der Waals surface area contributed by atoms with Crippen molar-refractivity contribution in [2.24, 2.45) is 5.92 Å². The zero-order valence-corrected chi connectivity index (χ0v) is 13.5. The molecule has 22 heavy (non-hydrogen) atoms.